The maximum absolute atomic E-state index is 12.4. The normalized spacial score (nSPS) is 10.9. The monoisotopic (exact) mass is 437 g/mol. The van der Waals surface area contributed by atoms with Crippen LogP contribution in [0.25, 0.3) is 6.08 Å². The minimum absolute atomic E-state index is 0.00885. The predicted octanol–water partition coefficient (Wildman–Crippen LogP) is 5.27. The van der Waals surface area contributed by atoms with Crippen LogP contribution in [-0.2, 0) is 11.4 Å². The fraction of sp³-hybridized carbons (Fsp3) is 0.0909. The number of carbonyl (C=O) groups is 1. The maximum Gasteiger partial charge on any atom is 0.292 e. The van der Waals surface area contributed by atoms with Crippen molar-refractivity contribution in [1.82, 2.24) is 0 Å². The van der Waals surface area contributed by atoms with E-state index in [0.717, 1.165) is 5.56 Å². The number of hydrogen-bond donors (Lipinski definition) is 1. The van der Waals surface area contributed by atoms with E-state index >= 15 is 0 Å². The third-order valence-corrected chi connectivity index (χ3v) is 4.62. The van der Waals surface area contributed by atoms with Gasteiger partial charge in [0.05, 0.1) is 4.92 Å². The van der Waals surface area contributed by atoms with Gasteiger partial charge in [0.1, 0.15) is 41.2 Å². The first kappa shape index (κ1) is 21.6. The van der Waals surface area contributed by atoms with E-state index in [-0.39, 0.29) is 29.3 Å². The van der Waals surface area contributed by atoms with Gasteiger partial charge < -0.3 is 14.5 Å². The van der Waals surface area contributed by atoms with Crippen molar-refractivity contribution in [3.63, 3.8) is 0 Å². The number of nitrogens with zero attached hydrogens (tertiary/aromatic N) is 2. The lowest BCUT2D eigenvalue weighted by Gasteiger charge is -2.06. The Morgan fingerprint density at radius 1 is 1.29 bits per heavy atom. The highest BCUT2D eigenvalue weighted by Crippen LogP contribution is 2.25. The second-order valence-electron chi connectivity index (χ2n) is 6.40. The van der Waals surface area contributed by atoms with Gasteiger partial charge in [-0.3, -0.25) is 14.9 Å². The number of nitriles is 1. The van der Waals surface area contributed by atoms with Crippen molar-refractivity contribution in [2.75, 3.05) is 5.32 Å². The summed E-state index contributed by atoms with van der Waals surface area (Å²) in [6, 6.07) is 15.9. The summed E-state index contributed by atoms with van der Waals surface area (Å²) in [5.41, 5.74) is 0.326. The van der Waals surface area contributed by atoms with E-state index in [1.807, 2.05) is 6.92 Å². The number of anilines is 1. The smallest absolute Gasteiger partial charge is 0.292 e. The Labute approximate surface area is 182 Å². The maximum atomic E-state index is 12.4. The zero-order valence-electron chi connectivity index (χ0n) is 16.3. The first-order chi connectivity index (χ1) is 14.9. The Bertz CT molecular complexity index is 1210. The number of amides is 1. The van der Waals surface area contributed by atoms with Gasteiger partial charge in [0.2, 0.25) is 0 Å². The summed E-state index contributed by atoms with van der Waals surface area (Å²) in [4.78, 5) is 22.9. The Balaban J connectivity index is 1.69. The molecule has 9 heteroatoms. The molecule has 2 aromatic carbocycles. The predicted molar refractivity (Wildman–Crippen MR) is 115 cm³/mol. The van der Waals surface area contributed by atoms with Gasteiger partial charge in [-0.25, -0.2) is 0 Å². The number of nitrogens with one attached hydrogen (secondary N) is 1. The Morgan fingerprint density at radius 3 is 2.77 bits per heavy atom. The summed E-state index contributed by atoms with van der Waals surface area (Å²) in [6.45, 7) is 2.00. The summed E-state index contributed by atoms with van der Waals surface area (Å²) in [6.07, 6.45) is 1.25. The summed E-state index contributed by atoms with van der Waals surface area (Å²) in [7, 11) is 0. The van der Waals surface area contributed by atoms with Gasteiger partial charge in [-0.1, -0.05) is 23.7 Å². The molecule has 0 spiro atoms. The molecule has 0 saturated carbocycles. The number of nitro benzene ring substituents is 1. The Kier molecular flexibility index (Phi) is 6.70. The molecule has 0 fully saturated rings. The molecule has 0 aliphatic heterocycles. The van der Waals surface area contributed by atoms with Crippen LogP contribution >= 0.6 is 11.6 Å². The van der Waals surface area contributed by atoms with Gasteiger partial charge in [0.15, 0.2) is 0 Å². The summed E-state index contributed by atoms with van der Waals surface area (Å²) in [5, 5.41) is 23.4. The number of rotatable bonds is 7. The summed E-state index contributed by atoms with van der Waals surface area (Å²) >= 11 is 5.99. The molecule has 1 amide bonds. The highest BCUT2D eigenvalue weighted by Gasteiger charge is 2.17. The van der Waals surface area contributed by atoms with Gasteiger partial charge >= 0.3 is 0 Å². The fourth-order valence-electron chi connectivity index (χ4n) is 2.63. The van der Waals surface area contributed by atoms with Crippen LogP contribution in [0, 0.1) is 28.4 Å². The highest BCUT2D eigenvalue weighted by atomic mass is 35.5. The van der Waals surface area contributed by atoms with Crippen molar-refractivity contribution < 1.29 is 18.9 Å². The molecule has 1 N–H and O–H groups in total. The molecule has 0 unspecified atom stereocenters. The molecule has 0 aliphatic carbocycles. The number of ether oxygens (including phenoxy) is 1. The molecule has 3 aromatic rings. The van der Waals surface area contributed by atoms with Crippen molar-refractivity contribution >= 4 is 35.0 Å². The molecule has 31 heavy (non-hydrogen) atoms. The number of halogens is 1. The number of benzene rings is 2. The molecule has 8 nitrogen and oxygen atoms in total. The van der Waals surface area contributed by atoms with E-state index in [1.165, 1.54) is 24.3 Å². The van der Waals surface area contributed by atoms with E-state index in [1.54, 1.807) is 42.5 Å². The van der Waals surface area contributed by atoms with Gasteiger partial charge in [-0.05, 0) is 48.9 Å². The molecule has 3 rings (SSSR count). The first-order valence-electron chi connectivity index (χ1n) is 9.01. The standard InChI is InChI=1S/C22H16ClN3O5/c1-14-10-16(8-9-19(14)23)30-13-18-7-6-17(31-18)11-15(12-24)22(27)25-20-4-2-3-5-21(20)26(28)29/h2-11H,13H2,1H3,(H,25,27)/b15-11+. The number of carbonyl (C=O) groups excluding carboxylic acids is 1. The van der Waals surface area contributed by atoms with Crippen LogP contribution in [0.3, 0.4) is 0 Å². The summed E-state index contributed by atoms with van der Waals surface area (Å²) < 4.78 is 11.2. The molecule has 1 heterocycles. The van der Waals surface area contributed by atoms with Crippen LogP contribution in [0.4, 0.5) is 11.4 Å². The summed E-state index contributed by atoms with van der Waals surface area (Å²) in [5.74, 6) is 0.579. The average molecular weight is 438 g/mol. The van der Waals surface area contributed by atoms with Gasteiger partial charge in [0.25, 0.3) is 11.6 Å². The minimum atomic E-state index is -0.789. The number of aryl methyl sites for hydroxylation is 1. The topological polar surface area (TPSA) is 118 Å². The lowest BCUT2D eigenvalue weighted by atomic mass is 10.2. The van der Waals surface area contributed by atoms with E-state index in [0.29, 0.717) is 16.5 Å². The zero-order chi connectivity index (χ0) is 22.4. The van der Waals surface area contributed by atoms with Crippen LogP contribution in [0.1, 0.15) is 17.1 Å². The lowest BCUT2D eigenvalue weighted by molar-refractivity contribution is -0.383. The van der Waals surface area contributed by atoms with E-state index in [4.69, 9.17) is 20.8 Å². The third-order valence-electron chi connectivity index (χ3n) is 4.19. The number of furan rings is 1. The number of hydrogen-bond acceptors (Lipinski definition) is 6. The van der Waals surface area contributed by atoms with Crippen LogP contribution in [-0.4, -0.2) is 10.8 Å². The van der Waals surface area contributed by atoms with Crippen LogP contribution in [0.2, 0.25) is 5.02 Å². The van der Waals surface area contributed by atoms with Gasteiger partial charge in [-0.2, -0.15) is 5.26 Å². The highest BCUT2D eigenvalue weighted by molar-refractivity contribution is 6.31. The second kappa shape index (κ2) is 9.61. The first-order valence-corrected chi connectivity index (χ1v) is 9.39. The lowest BCUT2D eigenvalue weighted by Crippen LogP contribution is -2.14. The molecular formula is C22H16ClN3O5. The van der Waals surface area contributed by atoms with E-state index < -0.39 is 10.8 Å². The molecule has 156 valence electrons. The van der Waals surface area contributed by atoms with E-state index in [9.17, 15) is 20.2 Å². The van der Waals surface area contributed by atoms with Crippen molar-refractivity contribution in [2.45, 2.75) is 13.5 Å². The van der Waals surface area contributed by atoms with Crippen LogP contribution < -0.4 is 10.1 Å². The molecule has 0 bridgehead atoms. The Morgan fingerprint density at radius 2 is 2.06 bits per heavy atom. The van der Waals surface area contributed by atoms with Crippen molar-refractivity contribution in [2.24, 2.45) is 0 Å². The van der Waals surface area contributed by atoms with Gasteiger partial charge in [-0.15, -0.1) is 0 Å². The zero-order valence-corrected chi connectivity index (χ0v) is 17.1. The molecule has 0 saturated heterocycles. The van der Waals surface area contributed by atoms with Crippen LogP contribution in [0.15, 0.2) is 64.6 Å². The molecule has 1 aromatic heterocycles. The van der Waals surface area contributed by atoms with Crippen molar-refractivity contribution in [1.29, 1.82) is 5.26 Å². The molecule has 0 aliphatic rings. The quantitative estimate of drug-likeness (QED) is 0.232. The average Bonchev–Trinajstić information content (AvgIpc) is 3.20. The fourth-order valence-corrected chi connectivity index (χ4v) is 2.75. The minimum Gasteiger partial charge on any atom is -0.486 e. The van der Waals surface area contributed by atoms with E-state index in [2.05, 4.69) is 5.32 Å². The largest absolute Gasteiger partial charge is 0.486 e. The van der Waals surface area contributed by atoms with Crippen molar-refractivity contribution in [3.8, 4) is 11.8 Å². The molecular weight excluding hydrogens is 422 g/mol. The number of para-hydroxylation sites is 2. The molecule has 0 atom stereocenters. The van der Waals surface area contributed by atoms with Crippen molar-refractivity contribution in [3.05, 3.63) is 92.4 Å². The second-order valence-corrected chi connectivity index (χ2v) is 6.81. The van der Waals surface area contributed by atoms with Crippen LogP contribution in [0.5, 0.6) is 5.75 Å². The van der Waals surface area contributed by atoms with Gasteiger partial charge in [0, 0.05) is 17.2 Å². The SMILES string of the molecule is Cc1cc(OCc2ccc(/C=C(\C#N)C(=O)Nc3ccccc3[N+](=O)[O-])o2)ccc1Cl. The third kappa shape index (κ3) is 5.50. The molecule has 0 radical (unpaired) electrons. The Hall–Kier alpha value is -4.09. The number of nitro groups is 1.